The summed E-state index contributed by atoms with van der Waals surface area (Å²) in [6, 6.07) is 3.00. The zero-order chi connectivity index (χ0) is 16.3. The van der Waals surface area contributed by atoms with Gasteiger partial charge in [-0.05, 0) is 24.6 Å². The Morgan fingerprint density at radius 3 is 2.52 bits per heavy atom. The molecule has 9 heteroatoms. The molecule has 0 radical (unpaired) electrons. The van der Waals surface area contributed by atoms with Gasteiger partial charge in [-0.25, -0.2) is 13.1 Å². The van der Waals surface area contributed by atoms with Crippen molar-refractivity contribution >= 4 is 27.2 Å². The first-order chi connectivity index (χ1) is 9.56. The zero-order valence-corrected chi connectivity index (χ0v) is 12.8. The zero-order valence-electron chi connectivity index (χ0n) is 11.1. The number of thiocarbonyl (C=S) groups is 1. The van der Waals surface area contributed by atoms with Crippen LogP contribution in [0.4, 0.5) is 13.2 Å². The molecule has 1 aromatic rings. The topological polar surface area (TPSA) is 72.2 Å². The molecule has 118 valence electrons. The van der Waals surface area contributed by atoms with E-state index in [9.17, 15) is 21.6 Å². The first-order valence-electron chi connectivity index (χ1n) is 6.04. The number of rotatable bonds is 6. The maximum absolute atomic E-state index is 12.6. The molecule has 1 aromatic carbocycles. The van der Waals surface area contributed by atoms with Crippen molar-refractivity contribution in [1.82, 2.24) is 4.72 Å². The summed E-state index contributed by atoms with van der Waals surface area (Å²) < 4.78 is 64.3. The number of hydrogen-bond acceptors (Lipinski definition) is 3. The number of nitrogens with one attached hydrogen (secondary N) is 1. The van der Waals surface area contributed by atoms with Crippen LogP contribution in [0.25, 0.3) is 0 Å². The first kappa shape index (κ1) is 17.9. The lowest BCUT2D eigenvalue weighted by Gasteiger charge is -2.17. The molecule has 0 aromatic heterocycles. The number of hydrogen-bond donors (Lipinski definition) is 2. The maximum Gasteiger partial charge on any atom is 0.416 e. The second kappa shape index (κ2) is 6.71. The van der Waals surface area contributed by atoms with Crippen LogP contribution >= 0.6 is 12.2 Å². The van der Waals surface area contributed by atoms with Gasteiger partial charge in [-0.2, -0.15) is 13.2 Å². The molecular weight excluding hydrogens is 325 g/mol. The molecule has 4 nitrogen and oxygen atoms in total. The van der Waals surface area contributed by atoms with E-state index in [4.69, 9.17) is 18.0 Å². The summed E-state index contributed by atoms with van der Waals surface area (Å²) in [4.78, 5) is -0.313. The lowest BCUT2D eigenvalue weighted by atomic mass is 10.2. The van der Waals surface area contributed by atoms with Crippen LogP contribution in [0.2, 0.25) is 0 Å². The molecule has 0 saturated carbocycles. The Hall–Kier alpha value is -1.19. The van der Waals surface area contributed by atoms with Crippen molar-refractivity contribution in [1.29, 1.82) is 0 Å². The summed E-state index contributed by atoms with van der Waals surface area (Å²) in [6.07, 6.45) is -4.05. The van der Waals surface area contributed by atoms with Crippen LogP contribution in [0.3, 0.4) is 0 Å². The summed E-state index contributed by atoms with van der Waals surface area (Å²) in [5.41, 5.74) is 4.33. The van der Waals surface area contributed by atoms with E-state index in [1.807, 2.05) is 0 Å². The second-order valence-corrected chi connectivity index (χ2v) is 6.66. The summed E-state index contributed by atoms with van der Waals surface area (Å²) in [5.74, 6) is 0. The molecule has 1 atom stereocenters. The highest BCUT2D eigenvalue weighted by atomic mass is 32.2. The van der Waals surface area contributed by atoms with E-state index < -0.39 is 32.7 Å². The van der Waals surface area contributed by atoms with E-state index in [0.717, 1.165) is 18.2 Å². The van der Waals surface area contributed by atoms with Crippen LogP contribution in [0.1, 0.15) is 25.3 Å². The number of alkyl halides is 3. The van der Waals surface area contributed by atoms with Crippen LogP contribution in [-0.4, -0.2) is 19.4 Å². The minimum Gasteiger partial charge on any atom is -0.393 e. The lowest BCUT2D eigenvalue weighted by molar-refractivity contribution is -0.137. The van der Waals surface area contributed by atoms with Gasteiger partial charge in [0, 0.05) is 12.5 Å². The van der Waals surface area contributed by atoms with Gasteiger partial charge in [0.2, 0.25) is 10.0 Å². The van der Waals surface area contributed by atoms with Gasteiger partial charge in [0.1, 0.15) is 0 Å². The van der Waals surface area contributed by atoms with Crippen molar-refractivity contribution in [3.8, 4) is 0 Å². The minimum atomic E-state index is -4.60. The van der Waals surface area contributed by atoms with E-state index in [-0.39, 0.29) is 11.4 Å². The summed E-state index contributed by atoms with van der Waals surface area (Å²) in [5, 5.41) is 0. The Morgan fingerprint density at radius 2 is 2.05 bits per heavy atom. The van der Waals surface area contributed by atoms with E-state index in [1.54, 1.807) is 6.92 Å². The quantitative estimate of drug-likeness (QED) is 0.780. The van der Waals surface area contributed by atoms with E-state index in [1.165, 1.54) is 0 Å². The summed E-state index contributed by atoms with van der Waals surface area (Å²) in [7, 11) is -4.07. The number of sulfonamides is 1. The van der Waals surface area contributed by atoms with Crippen LogP contribution in [0.5, 0.6) is 0 Å². The summed E-state index contributed by atoms with van der Waals surface area (Å²) in [6.45, 7) is 1.72. The standard InChI is InChI=1S/C12H15F3N2O2S2/c1-2-9(7-11(16)20)17-21(18,19)10-5-3-4-8(6-10)12(13,14)15/h3-6,9,17H,2,7H2,1H3,(H2,16,20). The Morgan fingerprint density at radius 1 is 1.43 bits per heavy atom. The SMILES string of the molecule is CCC(CC(N)=S)NS(=O)(=O)c1cccc(C(F)(F)F)c1. The number of halogens is 3. The Kier molecular flexibility index (Phi) is 5.71. The molecule has 0 fully saturated rings. The first-order valence-corrected chi connectivity index (χ1v) is 7.93. The highest BCUT2D eigenvalue weighted by Gasteiger charge is 2.32. The second-order valence-electron chi connectivity index (χ2n) is 4.42. The highest BCUT2D eigenvalue weighted by molar-refractivity contribution is 7.89. The molecule has 0 aliphatic rings. The molecule has 0 aliphatic carbocycles. The monoisotopic (exact) mass is 340 g/mol. The average Bonchev–Trinajstić information content (AvgIpc) is 2.36. The smallest absolute Gasteiger partial charge is 0.393 e. The largest absolute Gasteiger partial charge is 0.416 e. The van der Waals surface area contributed by atoms with Crippen molar-refractivity contribution < 1.29 is 21.6 Å². The van der Waals surface area contributed by atoms with Gasteiger partial charge in [0.05, 0.1) is 15.4 Å². The van der Waals surface area contributed by atoms with Gasteiger partial charge in [0.15, 0.2) is 0 Å². The van der Waals surface area contributed by atoms with Crippen molar-refractivity contribution in [2.24, 2.45) is 5.73 Å². The van der Waals surface area contributed by atoms with Gasteiger partial charge in [-0.1, -0.05) is 25.2 Å². The summed E-state index contributed by atoms with van der Waals surface area (Å²) >= 11 is 4.71. The van der Waals surface area contributed by atoms with Crippen molar-refractivity contribution in [3.63, 3.8) is 0 Å². The van der Waals surface area contributed by atoms with E-state index >= 15 is 0 Å². The Labute approximate surface area is 126 Å². The van der Waals surface area contributed by atoms with Crippen LogP contribution < -0.4 is 10.5 Å². The fourth-order valence-corrected chi connectivity index (χ4v) is 3.21. The Bertz CT molecular complexity index is 615. The predicted octanol–water partition coefficient (Wildman–Crippen LogP) is 2.44. The molecule has 0 aliphatic heterocycles. The van der Waals surface area contributed by atoms with Gasteiger partial charge in [-0.15, -0.1) is 0 Å². The number of nitrogens with two attached hydrogens (primary N) is 1. The van der Waals surface area contributed by atoms with Gasteiger partial charge < -0.3 is 5.73 Å². The Balaban J connectivity index is 3.05. The van der Waals surface area contributed by atoms with Gasteiger partial charge >= 0.3 is 6.18 Å². The fraction of sp³-hybridized carbons (Fsp3) is 0.417. The molecule has 3 N–H and O–H groups in total. The third kappa shape index (κ3) is 5.25. The van der Waals surface area contributed by atoms with Crippen LogP contribution in [-0.2, 0) is 16.2 Å². The van der Waals surface area contributed by atoms with Crippen molar-refractivity contribution in [2.45, 2.75) is 36.9 Å². The molecule has 0 saturated heterocycles. The van der Waals surface area contributed by atoms with Crippen molar-refractivity contribution in [3.05, 3.63) is 29.8 Å². The van der Waals surface area contributed by atoms with Crippen LogP contribution in [0.15, 0.2) is 29.2 Å². The van der Waals surface area contributed by atoms with Crippen molar-refractivity contribution in [2.75, 3.05) is 0 Å². The minimum absolute atomic E-state index is 0.133. The maximum atomic E-state index is 12.6. The molecule has 0 bridgehead atoms. The third-order valence-corrected chi connectivity index (χ3v) is 4.42. The predicted molar refractivity (Wildman–Crippen MR) is 77.2 cm³/mol. The van der Waals surface area contributed by atoms with Crippen LogP contribution in [0, 0.1) is 0 Å². The third-order valence-electron chi connectivity index (χ3n) is 2.73. The molecule has 0 amide bonds. The van der Waals surface area contributed by atoms with Gasteiger partial charge in [0.25, 0.3) is 0 Å². The number of benzene rings is 1. The molecule has 21 heavy (non-hydrogen) atoms. The molecular formula is C12H15F3N2O2S2. The lowest BCUT2D eigenvalue weighted by Crippen LogP contribution is -2.37. The normalized spacial score (nSPS) is 13.9. The van der Waals surface area contributed by atoms with Gasteiger partial charge in [-0.3, -0.25) is 0 Å². The fourth-order valence-electron chi connectivity index (χ4n) is 1.64. The average molecular weight is 340 g/mol. The van der Waals surface area contributed by atoms with E-state index in [2.05, 4.69) is 4.72 Å². The molecule has 1 rings (SSSR count). The highest BCUT2D eigenvalue weighted by Crippen LogP contribution is 2.30. The molecule has 0 spiro atoms. The van der Waals surface area contributed by atoms with E-state index in [0.29, 0.717) is 12.5 Å². The molecule has 1 unspecified atom stereocenters. The molecule has 0 heterocycles.